The fourth-order valence-electron chi connectivity index (χ4n) is 2.49. The standard InChI is InChI=1S/C19H20N2/c1-21(2)19-8-7-17-13-16(5-6-18(17)14-19)4-3-15-9-11-20-12-10-15/h3-9,11-15H,10H2,1-2H3/b4-3+. The number of anilines is 1. The highest BCUT2D eigenvalue weighted by molar-refractivity contribution is 5.87. The van der Waals surface area contributed by atoms with Gasteiger partial charge in [0.1, 0.15) is 0 Å². The van der Waals surface area contributed by atoms with Crippen LogP contribution in [-0.2, 0) is 0 Å². The lowest BCUT2D eigenvalue weighted by Gasteiger charge is -2.13. The Bertz CT molecular complexity index is 723. The highest BCUT2D eigenvalue weighted by atomic mass is 15.1. The molecule has 2 heteroatoms. The summed E-state index contributed by atoms with van der Waals surface area (Å²) >= 11 is 0. The number of hydrogen-bond donors (Lipinski definition) is 0. The first kappa shape index (κ1) is 13.6. The van der Waals surface area contributed by atoms with Crippen molar-refractivity contribution in [2.75, 3.05) is 19.0 Å². The Morgan fingerprint density at radius 3 is 2.67 bits per heavy atom. The summed E-state index contributed by atoms with van der Waals surface area (Å²) in [6.07, 6.45) is 11.4. The molecule has 21 heavy (non-hydrogen) atoms. The molecule has 2 nitrogen and oxygen atoms in total. The molecular formula is C19H20N2. The van der Waals surface area contributed by atoms with Crippen molar-refractivity contribution in [3.05, 3.63) is 60.3 Å². The molecule has 0 saturated carbocycles. The fraction of sp³-hybridized carbons (Fsp3) is 0.211. The molecular weight excluding hydrogens is 256 g/mol. The molecule has 1 heterocycles. The average Bonchev–Trinajstić information content (AvgIpc) is 2.53. The lowest BCUT2D eigenvalue weighted by Crippen LogP contribution is -2.07. The Labute approximate surface area is 126 Å². The molecule has 0 bridgehead atoms. The average molecular weight is 276 g/mol. The molecule has 2 aromatic rings. The van der Waals surface area contributed by atoms with Crippen molar-refractivity contribution in [1.29, 1.82) is 0 Å². The number of benzene rings is 2. The van der Waals surface area contributed by atoms with E-state index in [4.69, 9.17) is 0 Å². The quantitative estimate of drug-likeness (QED) is 0.804. The molecule has 0 aliphatic carbocycles. The van der Waals surface area contributed by atoms with Crippen LogP contribution in [0.15, 0.2) is 59.7 Å². The van der Waals surface area contributed by atoms with E-state index in [9.17, 15) is 0 Å². The molecule has 0 radical (unpaired) electrons. The van der Waals surface area contributed by atoms with Crippen LogP contribution in [0.4, 0.5) is 5.69 Å². The summed E-state index contributed by atoms with van der Waals surface area (Å²) in [6, 6.07) is 13.2. The molecule has 0 N–H and O–H groups in total. The zero-order chi connectivity index (χ0) is 14.7. The summed E-state index contributed by atoms with van der Waals surface area (Å²) in [7, 11) is 4.14. The third-order valence-electron chi connectivity index (χ3n) is 3.80. The molecule has 0 amide bonds. The number of allylic oxidation sites excluding steroid dienone is 2. The van der Waals surface area contributed by atoms with Crippen LogP contribution in [0.3, 0.4) is 0 Å². The monoisotopic (exact) mass is 276 g/mol. The zero-order valence-electron chi connectivity index (χ0n) is 12.5. The van der Waals surface area contributed by atoms with E-state index in [1.54, 1.807) is 0 Å². The Morgan fingerprint density at radius 1 is 1.10 bits per heavy atom. The lowest BCUT2D eigenvalue weighted by molar-refractivity contribution is 0.861. The second-order valence-corrected chi connectivity index (χ2v) is 5.62. The van der Waals surface area contributed by atoms with E-state index in [1.807, 2.05) is 12.4 Å². The topological polar surface area (TPSA) is 15.6 Å². The van der Waals surface area contributed by atoms with Gasteiger partial charge < -0.3 is 4.90 Å². The summed E-state index contributed by atoms with van der Waals surface area (Å²) in [5.74, 6) is 0.467. The number of aliphatic imine (C=N–C) groups is 1. The minimum atomic E-state index is 0.467. The van der Waals surface area contributed by atoms with Crippen molar-refractivity contribution < 1.29 is 0 Å². The van der Waals surface area contributed by atoms with Gasteiger partial charge in [-0.2, -0.15) is 0 Å². The third-order valence-corrected chi connectivity index (χ3v) is 3.80. The highest BCUT2D eigenvalue weighted by Gasteiger charge is 2.02. The van der Waals surface area contributed by atoms with Crippen molar-refractivity contribution in [2.24, 2.45) is 10.9 Å². The van der Waals surface area contributed by atoms with E-state index in [2.05, 4.69) is 78.6 Å². The van der Waals surface area contributed by atoms with Crippen molar-refractivity contribution in [2.45, 2.75) is 6.42 Å². The van der Waals surface area contributed by atoms with Crippen LogP contribution < -0.4 is 4.90 Å². The van der Waals surface area contributed by atoms with Crippen molar-refractivity contribution in [3.63, 3.8) is 0 Å². The van der Waals surface area contributed by atoms with Gasteiger partial charge in [-0.3, -0.25) is 4.99 Å². The number of fused-ring (bicyclic) bond motifs is 1. The number of hydrogen-bond acceptors (Lipinski definition) is 2. The molecule has 1 aliphatic heterocycles. The highest BCUT2D eigenvalue weighted by Crippen LogP contribution is 2.23. The minimum Gasteiger partial charge on any atom is -0.378 e. The van der Waals surface area contributed by atoms with Gasteiger partial charge in [0.15, 0.2) is 0 Å². The van der Waals surface area contributed by atoms with Gasteiger partial charge in [-0.1, -0.05) is 36.4 Å². The Hall–Kier alpha value is -2.35. The second-order valence-electron chi connectivity index (χ2n) is 5.62. The van der Waals surface area contributed by atoms with E-state index < -0.39 is 0 Å². The Balaban J connectivity index is 1.84. The van der Waals surface area contributed by atoms with Crippen LogP contribution in [0.25, 0.3) is 16.8 Å². The molecule has 2 aromatic carbocycles. The van der Waals surface area contributed by atoms with Crippen LogP contribution in [-0.4, -0.2) is 20.3 Å². The molecule has 0 fully saturated rings. The van der Waals surface area contributed by atoms with E-state index in [0.717, 1.165) is 6.42 Å². The first-order valence-corrected chi connectivity index (χ1v) is 7.30. The zero-order valence-corrected chi connectivity index (χ0v) is 12.5. The summed E-state index contributed by atoms with van der Waals surface area (Å²) < 4.78 is 0. The first-order valence-electron chi connectivity index (χ1n) is 7.30. The largest absolute Gasteiger partial charge is 0.378 e. The Morgan fingerprint density at radius 2 is 1.90 bits per heavy atom. The summed E-state index contributed by atoms with van der Waals surface area (Å²) in [6.45, 7) is 0. The van der Waals surface area contributed by atoms with Gasteiger partial charge in [-0.15, -0.1) is 0 Å². The van der Waals surface area contributed by atoms with Gasteiger partial charge in [0.05, 0.1) is 0 Å². The Kier molecular flexibility index (Phi) is 3.87. The number of rotatable bonds is 3. The maximum Gasteiger partial charge on any atom is 0.0367 e. The van der Waals surface area contributed by atoms with Gasteiger partial charge in [0, 0.05) is 38.1 Å². The van der Waals surface area contributed by atoms with E-state index in [0.29, 0.717) is 5.92 Å². The predicted octanol–water partition coefficient (Wildman–Crippen LogP) is 4.52. The molecule has 0 spiro atoms. The normalized spacial score (nSPS) is 17.7. The van der Waals surface area contributed by atoms with Crippen LogP contribution in [0.2, 0.25) is 0 Å². The smallest absolute Gasteiger partial charge is 0.0367 e. The van der Waals surface area contributed by atoms with E-state index in [1.165, 1.54) is 22.0 Å². The maximum atomic E-state index is 4.10. The fourth-order valence-corrected chi connectivity index (χ4v) is 2.49. The summed E-state index contributed by atoms with van der Waals surface area (Å²) in [5, 5.41) is 2.56. The van der Waals surface area contributed by atoms with Crippen molar-refractivity contribution >= 4 is 28.8 Å². The van der Waals surface area contributed by atoms with Crippen LogP contribution >= 0.6 is 0 Å². The van der Waals surface area contributed by atoms with Crippen molar-refractivity contribution in [1.82, 2.24) is 0 Å². The predicted molar refractivity (Wildman–Crippen MR) is 93.0 cm³/mol. The van der Waals surface area contributed by atoms with Gasteiger partial charge in [-0.05, 0) is 41.0 Å². The van der Waals surface area contributed by atoms with Crippen LogP contribution in [0, 0.1) is 5.92 Å². The maximum absolute atomic E-state index is 4.10. The van der Waals surface area contributed by atoms with Crippen LogP contribution in [0.1, 0.15) is 12.0 Å². The SMILES string of the molecule is CN(C)c1ccc2cc(/C=C/C3C=CN=CC3)ccc2c1. The van der Waals surface area contributed by atoms with Gasteiger partial charge >= 0.3 is 0 Å². The second kappa shape index (κ2) is 5.96. The molecule has 1 unspecified atom stereocenters. The first-order chi connectivity index (χ1) is 10.2. The molecule has 1 aliphatic rings. The lowest BCUT2D eigenvalue weighted by atomic mass is 10.0. The van der Waals surface area contributed by atoms with Crippen molar-refractivity contribution in [3.8, 4) is 0 Å². The van der Waals surface area contributed by atoms with E-state index >= 15 is 0 Å². The molecule has 106 valence electrons. The molecule has 0 aromatic heterocycles. The third kappa shape index (κ3) is 3.22. The minimum absolute atomic E-state index is 0.467. The molecule has 0 saturated heterocycles. The number of nitrogens with zero attached hydrogens (tertiary/aromatic N) is 2. The molecule has 1 atom stereocenters. The van der Waals surface area contributed by atoms with Gasteiger partial charge in [0.25, 0.3) is 0 Å². The summed E-state index contributed by atoms with van der Waals surface area (Å²) in [4.78, 5) is 6.23. The van der Waals surface area contributed by atoms with Gasteiger partial charge in [-0.25, -0.2) is 0 Å². The van der Waals surface area contributed by atoms with Crippen LogP contribution in [0.5, 0.6) is 0 Å². The molecule has 3 rings (SSSR count). The van der Waals surface area contributed by atoms with Gasteiger partial charge in [0.2, 0.25) is 0 Å². The summed E-state index contributed by atoms with van der Waals surface area (Å²) in [5.41, 5.74) is 2.48. The van der Waals surface area contributed by atoms with E-state index in [-0.39, 0.29) is 0 Å².